The predicted octanol–water partition coefficient (Wildman–Crippen LogP) is 3.10. The van der Waals surface area contributed by atoms with E-state index in [4.69, 9.17) is 5.11 Å². The van der Waals surface area contributed by atoms with E-state index in [2.05, 4.69) is 22.5 Å². The van der Waals surface area contributed by atoms with Crippen LogP contribution < -0.4 is 15.5 Å². The van der Waals surface area contributed by atoms with E-state index in [1.807, 2.05) is 31.3 Å². The number of hydrogen-bond acceptors (Lipinski definition) is 3. The Morgan fingerprint density at radius 3 is 2.75 bits per heavy atom. The highest BCUT2D eigenvalue weighted by atomic mass is 19.1. The van der Waals surface area contributed by atoms with Gasteiger partial charge in [-0.15, -0.1) is 0 Å². The molecule has 6 heteroatoms. The minimum Gasteiger partial charge on any atom is -0.392 e. The van der Waals surface area contributed by atoms with Crippen molar-refractivity contribution in [3.63, 3.8) is 0 Å². The summed E-state index contributed by atoms with van der Waals surface area (Å²) in [5.74, 6) is -0.456. The Kier molecular flexibility index (Phi) is 6.14. The van der Waals surface area contributed by atoms with Gasteiger partial charge in [0.25, 0.3) is 0 Å². The molecule has 2 aromatic rings. The molecule has 0 aromatic heterocycles. The summed E-state index contributed by atoms with van der Waals surface area (Å²) in [7, 11) is 1.98. The van der Waals surface area contributed by atoms with Crippen molar-refractivity contribution in [2.75, 3.05) is 23.8 Å². The number of benzene rings is 2. The summed E-state index contributed by atoms with van der Waals surface area (Å²) in [6, 6.07) is 11.6. The molecule has 0 bridgehead atoms. The third kappa shape index (κ3) is 4.70. The van der Waals surface area contributed by atoms with Crippen molar-refractivity contribution in [3.8, 4) is 0 Å². The van der Waals surface area contributed by atoms with Gasteiger partial charge in [-0.25, -0.2) is 9.18 Å². The highest BCUT2D eigenvalue weighted by Gasteiger charge is 2.06. The lowest BCUT2D eigenvalue weighted by Gasteiger charge is -2.17. The smallest absolute Gasteiger partial charge is 0.319 e. The van der Waals surface area contributed by atoms with Crippen LogP contribution in [0.4, 0.5) is 20.6 Å². The van der Waals surface area contributed by atoms with Crippen molar-refractivity contribution in [2.24, 2.45) is 0 Å². The molecule has 0 aliphatic heterocycles. The summed E-state index contributed by atoms with van der Waals surface area (Å²) in [5, 5.41) is 14.5. The Morgan fingerprint density at radius 2 is 2.04 bits per heavy atom. The minimum absolute atomic E-state index is 0.213. The number of amides is 2. The number of nitrogens with one attached hydrogen (secondary N) is 2. The van der Waals surface area contributed by atoms with E-state index in [0.29, 0.717) is 5.69 Å². The summed E-state index contributed by atoms with van der Waals surface area (Å²) < 4.78 is 13.3. The fourth-order valence-electron chi connectivity index (χ4n) is 2.22. The standard InChI is InChI=1S/C18H22FN3O2/c1-3-22(2)16-6-4-5-15(10-16)21-18(24)20-11-13-7-8-17(19)14(9-13)12-23/h4-10,23H,3,11-12H2,1-2H3,(H2,20,21,24). The molecule has 0 fully saturated rings. The van der Waals surface area contributed by atoms with Gasteiger partial charge in [0.2, 0.25) is 0 Å². The second-order valence-corrected chi connectivity index (χ2v) is 5.46. The summed E-state index contributed by atoms with van der Waals surface area (Å²) in [6.07, 6.45) is 0. The van der Waals surface area contributed by atoms with Crippen LogP contribution in [0, 0.1) is 5.82 Å². The predicted molar refractivity (Wildman–Crippen MR) is 93.6 cm³/mol. The molecule has 0 heterocycles. The molecule has 5 nitrogen and oxygen atoms in total. The van der Waals surface area contributed by atoms with Crippen LogP contribution in [-0.4, -0.2) is 24.7 Å². The largest absolute Gasteiger partial charge is 0.392 e. The average molecular weight is 331 g/mol. The normalized spacial score (nSPS) is 10.3. The molecule has 3 N–H and O–H groups in total. The van der Waals surface area contributed by atoms with Gasteiger partial charge in [0.05, 0.1) is 6.61 Å². The molecular weight excluding hydrogens is 309 g/mol. The summed E-state index contributed by atoms with van der Waals surface area (Å²) >= 11 is 0. The number of nitrogens with zero attached hydrogens (tertiary/aromatic N) is 1. The van der Waals surface area contributed by atoms with E-state index >= 15 is 0 Å². The lowest BCUT2D eigenvalue weighted by Crippen LogP contribution is -2.28. The van der Waals surface area contributed by atoms with Gasteiger partial charge >= 0.3 is 6.03 Å². The van der Waals surface area contributed by atoms with Crippen LogP contribution in [0.25, 0.3) is 0 Å². The zero-order valence-electron chi connectivity index (χ0n) is 13.8. The molecular formula is C18H22FN3O2. The van der Waals surface area contributed by atoms with Crippen molar-refractivity contribution >= 4 is 17.4 Å². The van der Waals surface area contributed by atoms with Crippen LogP contribution in [0.15, 0.2) is 42.5 Å². The summed E-state index contributed by atoms with van der Waals surface area (Å²) in [6.45, 7) is 2.79. The van der Waals surface area contributed by atoms with Crippen molar-refractivity contribution in [2.45, 2.75) is 20.1 Å². The molecule has 2 rings (SSSR count). The molecule has 0 saturated carbocycles. The zero-order chi connectivity index (χ0) is 17.5. The van der Waals surface area contributed by atoms with Gasteiger partial charge < -0.3 is 20.6 Å². The molecule has 2 aromatic carbocycles. The Labute approximate surface area is 141 Å². The number of carbonyl (C=O) groups excluding carboxylic acids is 1. The van der Waals surface area contributed by atoms with E-state index in [-0.39, 0.29) is 24.7 Å². The maximum atomic E-state index is 13.3. The van der Waals surface area contributed by atoms with Gasteiger partial charge in [-0.05, 0) is 42.8 Å². The van der Waals surface area contributed by atoms with Gasteiger partial charge in [0, 0.05) is 37.1 Å². The minimum atomic E-state index is -0.456. The van der Waals surface area contributed by atoms with Gasteiger partial charge in [-0.3, -0.25) is 0 Å². The number of halogens is 1. The lowest BCUT2D eigenvalue weighted by atomic mass is 10.1. The topological polar surface area (TPSA) is 64.6 Å². The molecule has 0 saturated heterocycles. The van der Waals surface area contributed by atoms with E-state index < -0.39 is 5.82 Å². The quantitative estimate of drug-likeness (QED) is 0.762. The van der Waals surface area contributed by atoms with Crippen LogP contribution in [0.3, 0.4) is 0 Å². The van der Waals surface area contributed by atoms with Crippen molar-refractivity contribution in [1.29, 1.82) is 0 Å². The van der Waals surface area contributed by atoms with Crippen LogP contribution in [0.2, 0.25) is 0 Å². The fraction of sp³-hybridized carbons (Fsp3) is 0.278. The van der Waals surface area contributed by atoms with Crippen molar-refractivity contribution in [1.82, 2.24) is 5.32 Å². The van der Waals surface area contributed by atoms with Gasteiger partial charge in [-0.2, -0.15) is 0 Å². The number of anilines is 2. The molecule has 0 spiro atoms. The summed E-state index contributed by atoms with van der Waals surface area (Å²) in [4.78, 5) is 14.1. The molecule has 128 valence electrons. The maximum Gasteiger partial charge on any atom is 0.319 e. The highest BCUT2D eigenvalue weighted by Crippen LogP contribution is 2.18. The first kappa shape index (κ1) is 17.7. The monoisotopic (exact) mass is 331 g/mol. The third-order valence-electron chi connectivity index (χ3n) is 3.75. The van der Waals surface area contributed by atoms with E-state index in [1.54, 1.807) is 6.07 Å². The second-order valence-electron chi connectivity index (χ2n) is 5.46. The number of hydrogen-bond donors (Lipinski definition) is 3. The average Bonchev–Trinajstić information content (AvgIpc) is 2.60. The first-order chi connectivity index (χ1) is 11.5. The third-order valence-corrected chi connectivity index (χ3v) is 3.75. The van der Waals surface area contributed by atoms with Gasteiger partial charge in [0.15, 0.2) is 0 Å². The number of carbonyl (C=O) groups is 1. The molecule has 2 amide bonds. The van der Waals surface area contributed by atoms with Gasteiger partial charge in [-0.1, -0.05) is 12.1 Å². The lowest BCUT2D eigenvalue weighted by molar-refractivity contribution is 0.251. The SMILES string of the molecule is CCN(C)c1cccc(NC(=O)NCc2ccc(F)c(CO)c2)c1. The summed E-state index contributed by atoms with van der Waals surface area (Å²) in [5.41, 5.74) is 2.64. The van der Waals surface area contributed by atoms with E-state index in [1.165, 1.54) is 12.1 Å². The molecule has 0 aliphatic carbocycles. The fourth-order valence-corrected chi connectivity index (χ4v) is 2.22. The van der Waals surface area contributed by atoms with Crippen molar-refractivity contribution < 1.29 is 14.3 Å². The first-order valence-electron chi connectivity index (χ1n) is 7.77. The zero-order valence-corrected chi connectivity index (χ0v) is 13.8. The molecule has 0 unspecified atom stereocenters. The number of rotatable bonds is 6. The number of urea groups is 1. The second kappa shape index (κ2) is 8.31. The molecule has 0 aliphatic rings. The van der Waals surface area contributed by atoms with Gasteiger partial charge in [0.1, 0.15) is 5.82 Å². The van der Waals surface area contributed by atoms with E-state index in [0.717, 1.165) is 17.8 Å². The van der Waals surface area contributed by atoms with Crippen LogP contribution in [0.1, 0.15) is 18.1 Å². The maximum absolute atomic E-state index is 13.3. The number of aliphatic hydroxyl groups excluding tert-OH is 1. The Balaban J connectivity index is 1.94. The van der Waals surface area contributed by atoms with Crippen molar-refractivity contribution in [3.05, 3.63) is 59.4 Å². The van der Waals surface area contributed by atoms with Crippen LogP contribution in [-0.2, 0) is 13.2 Å². The highest BCUT2D eigenvalue weighted by molar-refractivity contribution is 5.89. The molecule has 0 radical (unpaired) electrons. The Morgan fingerprint density at radius 1 is 1.25 bits per heavy atom. The molecule has 24 heavy (non-hydrogen) atoms. The van der Waals surface area contributed by atoms with E-state index in [9.17, 15) is 9.18 Å². The Hall–Kier alpha value is -2.60. The number of aliphatic hydroxyl groups is 1. The Bertz CT molecular complexity index is 706. The van der Waals surface area contributed by atoms with Crippen LogP contribution >= 0.6 is 0 Å². The first-order valence-corrected chi connectivity index (χ1v) is 7.77. The van der Waals surface area contributed by atoms with Crippen LogP contribution in [0.5, 0.6) is 0 Å². The molecule has 0 atom stereocenters.